The van der Waals surface area contributed by atoms with E-state index in [9.17, 15) is 19.2 Å². The maximum absolute atomic E-state index is 11.9. The van der Waals surface area contributed by atoms with Crippen LogP contribution in [0.1, 0.15) is 13.8 Å². The highest BCUT2D eigenvalue weighted by Gasteiger charge is 2.35. The lowest BCUT2D eigenvalue weighted by molar-refractivity contribution is -0.150. The molecule has 0 aliphatic carbocycles. The monoisotopic (exact) mass is 242 g/mol. The summed E-state index contributed by atoms with van der Waals surface area (Å²) in [6.07, 6.45) is 0. The Kier molecular flexibility index (Phi) is 3.66. The van der Waals surface area contributed by atoms with Gasteiger partial charge in [0.2, 0.25) is 17.7 Å². The molecule has 0 spiro atoms. The zero-order valence-electron chi connectivity index (χ0n) is 9.52. The Labute approximate surface area is 97.5 Å². The topological polar surface area (TPSA) is 122 Å². The van der Waals surface area contributed by atoms with Crippen molar-refractivity contribution in [1.29, 1.82) is 0 Å². The Bertz CT molecular complexity index is 381. The average Bonchev–Trinajstić information content (AvgIpc) is 2.21. The lowest BCUT2D eigenvalue weighted by Gasteiger charge is -2.33. The molecule has 1 aliphatic rings. The summed E-state index contributed by atoms with van der Waals surface area (Å²) in [6.45, 7) is 2.71. The number of nitrogens with one attached hydrogen (secondary N) is 2. The van der Waals surface area contributed by atoms with Gasteiger partial charge in [-0.2, -0.15) is 0 Å². The summed E-state index contributed by atoms with van der Waals surface area (Å²) < 4.78 is 0. The van der Waals surface area contributed by atoms with E-state index < -0.39 is 35.8 Å². The number of nitrogens with two attached hydrogens (primary N) is 1. The van der Waals surface area contributed by atoms with Crippen LogP contribution < -0.4 is 16.4 Å². The minimum absolute atomic E-state index is 0.212. The molecule has 94 valence electrons. The third-order valence-corrected chi connectivity index (χ3v) is 2.44. The summed E-state index contributed by atoms with van der Waals surface area (Å²) >= 11 is 0. The molecule has 0 aromatic rings. The second-order valence-corrected chi connectivity index (χ2v) is 3.78. The molecule has 1 heterocycles. The molecule has 5 amide bonds. The first-order valence-corrected chi connectivity index (χ1v) is 5.03. The van der Waals surface area contributed by atoms with Crippen molar-refractivity contribution < 1.29 is 19.2 Å². The summed E-state index contributed by atoms with van der Waals surface area (Å²) in [7, 11) is 0. The van der Waals surface area contributed by atoms with Gasteiger partial charge in [0, 0.05) is 0 Å². The van der Waals surface area contributed by atoms with Crippen LogP contribution in [0.25, 0.3) is 0 Å². The number of carbonyl (C=O) groups is 4. The number of imide groups is 1. The number of piperazine rings is 1. The van der Waals surface area contributed by atoms with Gasteiger partial charge in [-0.05, 0) is 13.8 Å². The Morgan fingerprint density at radius 3 is 2.65 bits per heavy atom. The molecule has 1 saturated heterocycles. The van der Waals surface area contributed by atoms with E-state index in [1.54, 1.807) is 0 Å². The van der Waals surface area contributed by atoms with Gasteiger partial charge in [0.25, 0.3) is 0 Å². The molecule has 4 N–H and O–H groups in total. The van der Waals surface area contributed by atoms with Gasteiger partial charge in [-0.25, -0.2) is 4.79 Å². The number of hydrogen-bond donors (Lipinski definition) is 3. The van der Waals surface area contributed by atoms with Crippen LogP contribution in [-0.4, -0.2) is 47.3 Å². The normalized spacial score (nSPS) is 21.8. The Morgan fingerprint density at radius 2 is 2.12 bits per heavy atom. The molecule has 8 nitrogen and oxygen atoms in total. The van der Waals surface area contributed by atoms with Crippen LogP contribution in [0.3, 0.4) is 0 Å². The molecule has 0 aromatic carbocycles. The van der Waals surface area contributed by atoms with E-state index in [1.165, 1.54) is 13.8 Å². The van der Waals surface area contributed by atoms with Crippen molar-refractivity contribution in [2.24, 2.45) is 5.73 Å². The fraction of sp³-hybridized carbons (Fsp3) is 0.556. The lowest BCUT2D eigenvalue weighted by atomic mass is 10.1. The molecule has 17 heavy (non-hydrogen) atoms. The van der Waals surface area contributed by atoms with E-state index in [1.807, 2.05) is 0 Å². The maximum atomic E-state index is 11.9. The number of carbonyl (C=O) groups excluding carboxylic acids is 4. The van der Waals surface area contributed by atoms with Gasteiger partial charge in [0.05, 0.1) is 0 Å². The molecule has 0 aromatic heterocycles. The minimum atomic E-state index is -0.881. The number of nitrogens with zero attached hydrogens (tertiary/aromatic N) is 1. The summed E-state index contributed by atoms with van der Waals surface area (Å²) in [5.41, 5.74) is 4.88. The molecule has 0 saturated carbocycles. The molecule has 8 heteroatoms. The third-order valence-electron chi connectivity index (χ3n) is 2.44. The first kappa shape index (κ1) is 12.9. The summed E-state index contributed by atoms with van der Waals surface area (Å²) in [4.78, 5) is 46.0. The smallest absolute Gasteiger partial charge is 0.312 e. The average molecular weight is 242 g/mol. The Hall–Kier alpha value is -2.12. The number of urea groups is 1. The van der Waals surface area contributed by atoms with Gasteiger partial charge in [-0.3, -0.25) is 19.7 Å². The molecule has 0 bridgehead atoms. The van der Waals surface area contributed by atoms with E-state index in [0.29, 0.717) is 0 Å². The maximum Gasteiger partial charge on any atom is 0.312 e. The van der Waals surface area contributed by atoms with Crippen molar-refractivity contribution in [2.75, 3.05) is 6.54 Å². The highest BCUT2D eigenvalue weighted by Crippen LogP contribution is 2.07. The van der Waals surface area contributed by atoms with E-state index in [0.717, 1.165) is 4.90 Å². The predicted molar refractivity (Wildman–Crippen MR) is 56.5 cm³/mol. The van der Waals surface area contributed by atoms with Gasteiger partial charge in [0.1, 0.15) is 18.6 Å². The summed E-state index contributed by atoms with van der Waals surface area (Å²) in [5, 5.41) is 4.30. The zero-order chi connectivity index (χ0) is 13.2. The molecular weight excluding hydrogens is 228 g/mol. The van der Waals surface area contributed by atoms with Crippen LogP contribution >= 0.6 is 0 Å². The standard InChI is InChI=1S/C9H14N4O4/c1-4(11-9(10)17)8(16)13-3-6(14)12-7(15)5(13)2/h4-5H,3H2,1-2H3,(H3,10,11,17)(H,12,14,15). The van der Waals surface area contributed by atoms with E-state index in [2.05, 4.69) is 10.6 Å². The molecule has 1 rings (SSSR count). The van der Waals surface area contributed by atoms with Crippen molar-refractivity contribution in [3.8, 4) is 0 Å². The van der Waals surface area contributed by atoms with Crippen molar-refractivity contribution in [1.82, 2.24) is 15.5 Å². The fourth-order valence-electron chi connectivity index (χ4n) is 1.51. The van der Waals surface area contributed by atoms with Crippen LogP contribution in [0.4, 0.5) is 4.79 Å². The van der Waals surface area contributed by atoms with Gasteiger partial charge >= 0.3 is 6.03 Å². The predicted octanol–water partition coefficient (Wildman–Crippen LogP) is -2.08. The Balaban J connectivity index is 2.76. The van der Waals surface area contributed by atoms with E-state index >= 15 is 0 Å². The molecule has 2 unspecified atom stereocenters. The number of hydrogen-bond acceptors (Lipinski definition) is 4. The molecule has 1 aliphatic heterocycles. The first-order valence-electron chi connectivity index (χ1n) is 5.03. The highest BCUT2D eigenvalue weighted by molar-refractivity contribution is 6.04. The van der Waals surface area contributed by atoms with Crippen molar-refractivity contribution in [2.45, 2.75) is 25.9 Å². The van der Waals surface area contributed by atoms with Crippen molar-refractivity contribution in [3.63, 3.8) is 0 Å². The van der Waals surface area contributed by atoms with Crippen molar-refractivity contribution >= 4 is 23.8 Å². The number of rotatable bonds is 2. The molecule has 2 atom stereocenters. The van der Waals surface area contributed by atoms with Crippen LogP contribution in [-0.2, 0) is 14.4 Å². The number of amides is 5. The van der Waals surface area contributed by atoms with Crippen LogP contribution in [0, 0.1) is 0 Å². The number of primary amides is 1. The van der Waals surface area contributed by atoms with Crippen LogP contribution in [0.15, 0.2) is 0 Å². The molecule has 0 radical (unpaired) electrons. The van der Waals surface area contributed by atoms with Gasteiger partial charge in [0.15, 0.2) is 0 Å². The SMILES string of the molecule is CC(NC(N)=O)C(=O)N1CC(=O)NC(=O)C1C. The summed E-state index contributed by atoms with van der Waals surface area (Å²) in [6, 6.07) is -2.47. The van der Waals surface area contributed by atoms with Gasteiger partial charge in [-0.15, -0.1) is 0 Å². The van der Waals surface area contributed by atoms with E-state index in [-0.39, 0.29) is 6.54 Å². The van der Waals surface area contributed by atoms with Gasteiger partial charge < -0.3 is 16.0 Å². The van der Waals surface area contributed by atoms with Crippen LogP contribution in [0.5, 0.6) is 0 Å². The quantitative estimate of drug-likeness (QED) is 0.481. The summed E-state index contributed by atoms with van der Waals surface area (Å²) in [5.74, 6) is -1.62. The van der Waals surface area contributed by atoms with Crippen molar-refractivity contribution in [3.05, 3.63) is 0 Å². The zero-order valence-corrected chi connectivity index (χ0v) is 9.52. The van der Waals surface area contributed by atoms with E-state index in [4.69, 9.17) is 5.73 Å². The largest absolute Gasteiger partial charge is 0.352 e. The van der Waals surface area contributed by atoms with Crippen LogP contribution in [0.2, 0.25) is 0 Å². The Morgan fingerprint density at radius 1 is 1.53 bits per heavy atom. The molecular formula is C9H14N4O4. The lowest BCUT2D eigenvalue weighted by Crippen LogP contribution is -2.61. The fourth-order valence-corrected chi connectivity index (χ4v) is 1.51. The minimum Gasteiger partial charge on any atom is -0.352 e. The second kappa shape index (κ2) is 4.81. The third kappa shape index (κ3) is 2.92. The second-order valence-electron chi connectivity index (χ2n) is 3.78. The highest BCUT2D eigenvalue weighted by atomic mass is 16.2. The first-order chi connectivity index (χ1) is 7.82. The van der Waals surface area contributed by atoms with Gasteiger partial charge in [-0.1, -0.05) is 0 Å². The molecule has 1 fully saturated rings.